The monoisotopic (exact) mass is 164 g/mol. The first-order valence-electron chi connectivity index (χ1n) is 4.46. The van der Waals surface area contributed by atoms with E-state index in [-0.39, 0.29) is 5.78 Å². The van der Waals surface area contributed by atoms with Gasteiger partial charge in [-0.25, -0.2) is 0 Å². The van der Waals surface area contributed by atoms with Crippen molar-refractivity contribution in [3.8, 4) is 0 Å². The summed E-state index contributed by atoms with van der Waals surface area (Å²) in [4.78, 5) is 11.4. The number of hydrogen-bond acceptors (Lipinski definition) is 1. The van der Waals surface area contributed by atoms with Gasteiger partial charge in [-0.1, -0.05) is 17.2 Å². The number of allylic oxidation sites excluding steroid dienone is 4. The number of hydrogen-bond donors (Lipinski definition) is 0. The third kappa shape index (κ3) is 2.07. The van der Waals surface area contributed by atoms with Gasteiger partial charge in [-0.05, 0) is 39.2 Å². The van der Waals surface area contributed by atoms with Gasteiger partial charge in [0, 0.05) is 6.42 Å². The van der Waals surface area contributed by atoms with Crippen LogP contribution in [0.15, 0.2) is 22.8 Å². The molecule has 0 bridgehead atoms. The minimum Gasteiger partial charge on any atom is -0.294 e. The van der Waals surface area contributed by atoms with E-state index in [1.165, 1.54) is 11.1 Å². The van der Waals surface area contributed by atoms with Crippen molar-refractivity contribution >= 4 is 5.78 Å². The molecule has 1 heteroatoms. The number of rotatable bonds is 0. The van der Waals surface area contributed by atoms with Gasteiger partial charge < -0.3 is 0 Å². The summed E-state index contributed by atoms with van der Waals surface area (Å²) in [6.45, 7) is 6.10. The van der Waals surface area contributed by atoms with E-state index in [4.69, 9.17) is 0 Å². The highest BCUT2D eigenvalue weighted by molar-refractivity contribution is 5.96. The summed E-state index contributed by atoms with van der Waals surface area (Å²) >= 11 is 0. The first-order valence-corrected chi connectivity index (χ1v) is 4.46. The second kappa shape index (κ2) is 3.70. The Balaban J connectivity index is 2.83. The highest BCUT2D eigenvalue weighted by Gasteiger charge is 2.09. The molecule has 1 aliphatic rings. The van der Waals surface area contributed by atoms with Crippen LogP contribution in [0.2, 0.25) is 0 Å². The number of ketones is 1. The topological polar surface area (TPSA) is 17.1 Å². The van der Waals surface area contributed by atoms with E-state index in [1.54, 1.807) is 0 Å². The van der Waals surface area contributed by atoms with E-state index >= 15 is 0 Å². The molecule has 12 heavy (non-hydrogen) atoms. The van der Waals surface area contributed by atoms with Crippen LogP contribution >= 0.6 is 0 Å². The maximum Gasteiger partial charge on any atom is 0.162 e. The molecule has 1 nitrogen and oxygen atoms in total. The summed E-state index contributed by atoms with van der Waals surface area (Å²) in [6, 6.07) is 0. The SMILES string of the molecule is C/C1=C/CC/C(C)=C(/C)CC1=O. The molecule has 0 saturated carbocycles. The van der Waals surface area contributed by atoms with Crippen LogP contribution in [-0.2, 0) is 4.79 Å². The normalized spacial score (nSPS) is 30.6. The van der Waals surface area contributed by atoms with Crippen LogP contribution in [0.5, 0.6) is 0 Å². The van der Waals surface area contributed by atoms with Gasteiger partial charge in [0.25, 0.3) is 0 Å². The van der Waals surface area contributed by atoms with Gasteiger partial charge in [-0.15, -0.1) is 0 Å². The molecule has 0 radical (unpaired) electrons. The largest absolute Gasteiger partial charge is 0.294 e. The molecule has 1 rings (SSSR count). The summed E-state index contributed by atoms with van der Waals surface area (Å²) in [7, 11) is 0. The van der Waals surface area contributed by atoms with Gasteiger partial charge in [0.1, 0.15) is 0 Å². The van der Waals surface area contributed by atoms with Crippen molar-refractivity contribution in [3.63, 3.8) is 0 Å². The van der Waals surface area contributed by atoms with Crippen LogP contribution < -0.4 is 0 Å². The molecule has 0 unspecified atom stereocenters. The van der Waals surface area contributed by atoms with Gasteiger partial charge in [0.15, 0.2) is 5.78 Å². The Morgan fingerprint density at radius 2 is 1.83 bits per heavy atom. The Labute approximate surface area is 74.2 Å². The number of Topliss-reactive ketones (excluding diaryl/α,β-unsaturated/α-hetero) is 1. The van der Waals surface area contributed by atoms with Gasteiger partial charge >= 0.3 is 0 Å². The van der Waals surface area contributed by atoms with E-state index in [1.807, 2.05) is 6.92 Å². The van der Waals surface area contributed by atoms with Crippen molar-refractivity contribution in [2.45, 2.75) is 40.0 Å². The zero-order valence-corrected chi connectivity index (χ0v) is 8.11. The minimum absolute atomic E-state index is 0.284. The first kappa shape index (κ1) is 9.24. The van der Waals surface area contributed by atoms with Gasteiger partial charge in [0.05, 0.1) is 0 Å². The van der Waals surface area contributed by atoms with Crippen molar-refractivity contribution in [1.29, 1.82) is 0 Å². The lowest BCUT2D eigenvalue weighted by Crippen LogP contribution is -2.03. The van der Waals surface area contributed by atoms with Crippen molar-refractivity contribution in [2.24, 2.45) is 0 Å². The Kier molecular flexibility index (Phi) is 2.85. The zero-order valence-electron chi connectivity index (χ0n) is 8.11. The van der Waals surface area contributed by atoms with E-state index in [0.29, 0.717) is 6.42 Å². The smallest absolute Gasteiger partial charge is 0.162 e. The van der Waals surface area contributed by atoms with Crippen LogP contribution in [0.3, 0.4) is 0 Å². The Morgan fingerprint density at radius 1 is 1.17 bits per heavy atom. The second-order valence-corrected chi connectivity index (χ2v) is 3.59. The summed E-state index contributed by atoms with van der Waals surface area (Å²) in [5.74, 6) is 0.284. The fraction of sp³-hybridized carbons (Fsp3) is 0.545. The maximum absolute atomic E-state index is 11.4. The molecule has 0 aliphatic heterocycles. The molecular formula is C11H16O. The molecule has 0 saturated heterocycles. The lowest BCUT2D eigenvalue weighted by atomic mass is 9.95. The average Bonchev–Trinajstić information content (AvgIpc) is 2.02. The molecule has 66 valence electrons. The molecule has 0 aromatic heterocycles. The predicted octanol–water partition coefficient (Wildman–Crippen LogP) is 3.02. The third-order valence-corrected chi connectivity index (χ3v) is 2.56. The lowest BCUT2D eigenvalue weighted by molar-refractivity contribution is -0.114. The van der Waals surface area contributed by atoms with E-state index < -0.39 is 0 Å². The fourth-order valence-corrected chi connectivity index (χ4v) is 1.36. The summed E-state index contributed by atoms with van der Waals surface area (Å²) < 4.78 is 0. The molecule has 0 fully saturated rings. The predicted molar refractivity (Wildman–Crippen MR) is 51.0 cm³/mol. The van der Waals surface area contributed by atoms with Crippen LogP contribution in [0, 0.1) is 0 Å². The Hall–Kier alpha value is -0.850. The summed E-state index contributed by atoms with van der Waals surface area (Å²) in [6.07, 6.45) is 4.80. The molecular weight excluding hydrogens is 148 g/mol. The van der Waals surface area contributed by atoms with Gasteiger partial charge in [-0.3, -0.25) is 4.79 Å². The quantitative estimate of drug-likeness (QED) is 0.503. The molecule has 0 heterocycles. The molecule has 0 aromatic carbocycles. The van der Waals surface area contributed by atoms with Crippen LogP contribution in [0.4, 0.5) is 0 Å². The lowest BCUT2D eigenvalue weighted by Gasteiger charge is -2.10. The minimum atomic E-state index is 0.284. The zero-order chi connectivity index (χ0) is 9.14. The summed E-state index contributed by atoms with van der Waals surface area (Å²) in [5.41, 5.74) is 3.57. The van der Waals surface area contributed by atoms with E-state index in [0.717, 1.165) is 18.4 Å². The van der Waals surface area contributed by atoms with E-state index in [2.05, 4.69) is 19.9 Å². The van der Waals surface area contributed by atoms with Crippen molar-refractivity contribution in [3.05, 3.63) is 22.8 Å². The van der Waals surface area contributed by atoms with E-state index in [9.17, 15) is 4.79 Å². The number of carbonyl (C=O) groups is 1. The Bertz CT molecular complexity index is 256. The van der Waals surface area contributed by atoms with Crippen LogP contribution in [0.25, 0.3) is 0 Å². The molecule has 0 N–H and O–H groups in total. The van der Waals surface area contributed by atoms with Crippen molar-refractivity contribution < 1.29 is 4.79 Å². The highest BCUT2D eigenvalue weighted by Crippen LogP contribution is 2.19. The van der Waals surface area contributed by atoms with Crippen LogP contribution in [0.1, 0.15) is 40.0 Å². The van der Waals surface area contributed by atoms with Gasteiger partial charge in [0.2, 0.25) is 0 Å². The van der Waals surface area contributed by atoms with Crippen LogP contribution in [-0.4, -0.2) is 5.78 Å². The first-order chi connectivity index (χ1) is 5.61. The summed E-state index contributed by atoms with van der Waals surface area (Å²) in [5, 5.41) is 0. The third-order valence-electron chi connectivity index (χ3n) is 2.56. The maximum atomic E-state index is 11.4. The number of carbonyl (C=O) groups excluding carboxylic acids is 1. The highest BCUT2D eigenvalue weighted by atomic mass is 16.1. The molecule has 0 amide bonds. The fourth-order valence-electron chi connectivity index (χ4n) is 1.36. The molecule has 1 aliphatic carbocycles. The molecule has 0 aromatic rings. The molecule has 0 spiro atoms. The van der Waals surface area contributed by atoms with Crippen molar-refractivity contribution in [1.82, 2.24) is 0 Å². The van der Waals surface area contributed by atoms with Gasteiger partial charge in [-0.2, -0.15) is 0 Å². The average molecular weight is 164 g/mol. The second-order valence-electron chi connectivity index (χ2n) is 3.59. The van der Waals surface area contributed by atoms with Crippen molar-refractivity contribution in [2.75, 3.05) is 0 Å². The Morgan fingerprint density at radius 3 is 2.50 bits per heavy atom. The standard InChI is InChI=1S/C11H16O/c1-8-5-4-6-9(2)11(12)7-10(8)3/h6H,4-5,7H2,1-3H3/b9-6-,10-8-. The molecule has 0 atom stereocenters.